The van der Waals surface area contributed by atoms with Crippen molar-refractivity contribution in [1.82, 2.24) is 15.1 Å². The minimum Gasteiger partial charge on any atom is -0.463 e. The zero-order chi connectivity index (χ0) is 22.8. The maximum atomic E-state index is 12.5. The number of aromatic nitrogens is 3. The summed E-state index contributed by atoms with van der Waals surface area (Å²) >= 11 is 0. The summed E-state index contributed by atoms with van der Waals surface area (Å²) in [6.45, 7) is 1.21. The van der Waals surface area contributed by atoms with Crippen molar-refractivity contribution in [3.8, 4) is 22.9 Å². The maximum absolute atomic E-state index is 12.5. The Labute approximate surface area is 186 Å². The molecule has 0 fully saturated rings. The zero-order valence-corrected chi connectivity index (χ0v) is 17.3. The summed E-state index contributed by atoms with van der Waals surface area (Å²) in [6, 6.07) is 13.3. The molecule has 4 heterocycles. The number of hydrogen-bond donors (Lipinski definition) is 1. The lowest BCUT2D eigenvalue weighted by Gasteiger charge is -2.08. The highest BCUT2D eigenvalue weighted by atomic mass is 16.5. The Bertz CT molecular complexity index is 1440. The van der Waals surface area contributed by atoms with Crippen LogP contribution in [0.4, 0.5) is 5.82 Å². The molecule has 164 valence electrons. The van der Waals surface area contributed by atoms with Gasteiger partial charge < -0.3 is 23.4 Å². The van der Waals surface area contributed by atoms with E-state index in [0.717, 1.165) is 0 Å². The van der Waals surface area contributed by atoms with Gasteiger partial charge in [0.15, 0.2) is 23.9 Å². The number of carbonyl (C=O) groups excluding carboxylic acids is 2. The number of benzene rings is 1. The molecule has 0 spiro atoms. The van der Waals surface area contributed by atoms with E-state index in [2.05, 4.69) is 20.4 Å². The number of fused-ring (bicyclic) bond motifs is 1. The molecule has 0 saturated heterocycles. The molecule has 0 atom stereocenters. The highest BCUT2D eigenvalue weighted by Gasteiger charge is 2.19. The number of furan rings is 2. The van der Waals surface area contributed by atoms with Crippen molar-refractivity contribution in [2.24, 2.45) is 0 Å². The third kappa shape index (κ3) is 4.22. The summed E-state index contributed by atoms with van der Waals surface area (Å²) in [7, 11) is 0. The van der Waals surface area contributed by atoms with Gasteiger partial charge in [-0.05, 0) is 49.4 Å². The van der Waals surface area contributed by atoms with Crippen molar-refractivity contribution < 1.29 is 27.7 Å². The number of nitrogens with one attached hydrogen (secondary N) is 1. The number of hydrogen-bond acceptors (Lipinski definition) is 9. The largest absolute Gasteiger partial charge is 0.463 e. The summed E-state index contributed by atoms with van der Waals surface area (Å²) in [5.41, 5.74) is 2.20. The highest BCUT2D eigenvalue weighted by Crippen LogP contribution is 2.31. The molecule has 0 unspecified atom stereocenters. The molecule has 1 amide bonds. The highest BCUT2D eigenvalue weighted by molar-refractivity contribution is 5.97. The topological polar surface area (TPSA) is 133 Å². The standard InChI is InChI=1S/C23H16N4O6/c1-13-10-19(27-33-13)26-20(28)12-32-23(29)14-6-7-15-16(11-14)25-22(18-5-3-9-31-18)21(24-15)17-4-2-8-30-17/h2-11H,12H2,1H3,(H,26,27,28). The molecule has 0 radical (unpaired) electrons. The molecule has 0 aliphatic heterocycles. The molecular weight excluding hydrogens is 428 g/mol. The van der Waals surface area contributed by atoms with Gasteiger partial charge in [-0.25, -0.2) is 14.8 Å². The Hall–Kier alpha value is -4.73. The van der Waals surface area contributed by atoms with Crippen molar-refractivity contribution in [3.05, 3.63) is 72.4 Å². The summed E-state index contributed by atoms with van der Waals surface area (Å²) in [6.07, 6.45) is 3.08. The molecule has 10 nitrogen and oxygen atoms in total. The van der Waals surface area contributed by atoms with Gasteiger partial charge in [0.1, 0.15) is 17.1 Å². The lowest BCUT2D eigenvalue weighted by atomic mass is 10.1. The molecule has 0 aliphatic carbocycles. The maximum Gasteiger partial charge on any atom is 0.338 e. The lowest BCUT2D eigenvalue weighted by molar-refractivity contribution is -0.119. The predicted molar refractivity (Wildman–Crippen MR) is 115 cm³/mol. The van der Waals surface area contributed by atoms with Crippen LogP contribution in [-0.2, 0) is 9.53 Å². The number of esters is 1. The van der Waals surface area contributed by atoms with Crippen LogP contribution in [0.1, 0.15) is 16.1 Å². The average Bonchev–Trinajstić information content (AvgIpc) is 3.59. The number of carbonyl (C=O) groups is 2. The molecule has 33 heavy (non-hydrogen) atoms. The van der Waals surface area contributed by atoms with E-state index in [1.165, 1.54) is 6.26 Å². The molecule has 0 saturated carbocycles. The quantitative estimate of drug-likeness (QED) is 0.382. The molecular formula is C23H16N4O6. The van der Waals surface area contributed by atoms with E-state index in [1.54, 1.807) is 61.7 Å². The van der Waals surface area contributed by atoms with Gasteiger partial charge in [-0.3, -0.25) is 4.79 Å². The predicted octanol–water partition coefficient (Wildman–Crippen LogP) is 4.24. The minimum atomic E-state index is -0.681. The number of nitrogens with zero attached hydrogens (tertiary/aromatic N) is 3. The van der Waals surface area contributed by atoms with Crippen LogP contribution in [0.3, 0.4) is 0 Å². The summed E-state index contributed by atoms with van der Waals surface area (Å²) < 4.78 is 21.0. The normalized spacial score (nSPS) is 10.9. The molecule has 0 aliphatic rings. The van der Waals surface area contributed by atoms with Crippen LogP contribution in [0.5, 0.6) is 0 Å². The van der Waals surface area contributed by atoms with Crippen LogP contribution in [-0.4, -0.2) is 33.6 Å². The monoisotopic (exact) mass is 444 g/mol. The van der Waals surface area contributed by atoms with Crippen LogP contribution >= 0.6 is 0 Å². The van der Waals surface area contributed by atoms with Gasteiger partial charge in [0.2, 0.25) is 0 Å². The van der Waals surface area contributed by atoms with Gasteiger partial charge in [-0.1, -0.05) is 5.16 Å². The Kier molecular flexibility index (Phi) is 5.15. The van der Waals surface area contributed by atoms with Crippen LogP contribution in [0, 0.1) is 6.92 Å². The fourth-order valence-corrected chi connectivity index (χ4v) is 3.17. The first-order valence-electron chi connectivity index (χ1n) is 9.87. The Morgan fingerprint density at radius 3 is 2.24 bits per heavy atom. The molecule has 5 aromatic rings. The van der Waals surface area contributed by atoms with E-state index < -0.39 is 18.5 Å². The second-order valence-corrected chi connectivity index (χ2v) is 7.03. The van der Waals surface area contributed by atoms with Crippen molar-refractivity contribution >= 4 is 28.7 Å². The second kappa shape index (κ2) is 8.42. The number of anilines is 1. The average molecular weight is 444 g/mol. The van der Waals surface area contributed by atoms with Gasteiger partial charge in [0.05, 0.1) is 29.1 Å². The van der Waals surface area contributed by atoms with E-state index in [9.17, 15) is 9.59 Å². The van der Waals surface area contributed by atoms with E-state index in [-0.39, 0.29) is 11.4 Å². The molecule has 5 rings (SSSR count). The number of ether oxygens (including phenoxy) is 1. The van der Waals surface area contributed by atoms with Crippen molar-refractivity contribution in [2.45, 2.75) is 6.92 Å². The first kappa shape index (κ1) is 20.2. The van der Waals surface area contributed by atoms with Crippen molar-refractivity contribution in [1.29, 1.82) is 0 Å². The molecule has 0 bridgehead atoms. The van der Waals surface area contributed by atoms with Crippen LogP contribution in [0.2, 0.25) is 0 Å². The molecule has 10 heteroatoms. The summed E-state index contributed by atoms with van der Waals surface area (Å²) in [5, 5.41) is 6.13. The van der Waals surface area contributed by atoms with E-state index >= 15 is 0 Å². The fourth-order valence-electron chi connectivity index (χ4n) is 3.17. The first-order chi connectivity index (χ1) is 16.1. The SMILES string of the molecule is Cc1cc(NC(=O)COC(=O)c2ccc3nc(-c4ccco4)c(-c4ccco4)nc3c2)no1. The Morgan fingerprint density at radius 2 is 1.64 bits per heavy atom. The van der Waals surface area contributed by atoms with Gasteiger partial charge in [-0.2, -0.15) is 0 Å². The van der Waals surface area contributed by atoms with Crippen LogP contribution < -0.4 is 5.32 Å². The van der Waals surface area contributed by atoms with Gasteiger partial charge >= 0.3 is 5.97 Å². The summed E-state index contributed by atoms with van der Waals surface area (Å²) in [5.74, 6) is 0.604. The smallest absolute Gasteiger partial charge is 0.338 e. The van der Waals surface area contributed by atoms with E-state index in [4.69, 9.17) is 18.1 Å². The lowest BCUT2D eigenvalue weighted by Crippen LogP contribution is -2.21. The van der Waals surface area contributed by atoms with Crippen molar-refractivity contribution in [3.63, 3.8) is 0 Å². The second-order valence-electron chi connectivity index (χ2n) is 7.03. The molecule has 1 N–H and O–H groups in total. The Morgan fingerprint density at radius 1 is 0.939 bits per heavy atom. The van der Waals surface area contributed by atoms with E-state index in [0.29, 0.717) is 39.7 Å². The fraction of sp³-hybridized carbons (Fsp3) is 0.0870. The molecule has 4 aromatic heterocycles. The van der Waals surface area contributed by atoms with Gasteiger partial charge in [-0.15, -0.1) is 0 Å². The number of rotatable bonds is 6. The first-order valence-corrected chi connectivity index (χ1v) is 9.87. The third-order valence-electron chi connectivity index (χ3n) is 4.64. The number of amides is 1. The van der Waals surface area contributed by atoms with Crippen LogP contribution in [0.25, 0.3) is 33.9 Å². The van der Waals surface area contributed by atoms with Crippen LogP contribution in [0.15, 0.2) is 74.4 Å². The minimum absolute atomic E-state index is 0.220. The molecule has 1 aromatic carbocycles. The van der Waals surface area contributed by atoms with Gasteiger partial charge in [0, 0.05) is 6.07 Å². The zero-order valence-electron chi connectivity index (χ0n) is 17.3. The van der Waals surface area contributed by atoms with Crippen molar-refractivity contribution in [2.75, 3.05) is 11.9 Å². The van der Waals surface area contributed by atoms with E-state index in [1.807, 2.05) is 0 Å². The summed E-state index contributed by atoms with van der Waals surface area (Å²) in [4.78, 5) is 33.8. The Balaban J connectivity index is 1.39. The third-order valence-corrected chi connectivity index (χ3v) is 4.64. The van der Waals surface area contributed by atoms with Gasteiger partial charge in [0.25, 0.3) is 5.91 Å². The number of aryl methyl sites for hydroxylation is 1.